The predicted octanol–water partition coefficient (Wildman–Crippen LogP) is 4.73. The van der Waals surface area contributed by atoms with Gasteiger partial charge in [-0.3, -0.25) is 14.9 Å². The van der Waals surface area contributed by atoms with E-state index in [4.69, 9.17) is 4.98 Å². The van der Waals surface area contributed by atoms with Gasteiger partial charge in [0.25, 0.3) is 11.6 Å². The lowest BCUT2D eigenvalue weighted by Gasteiger charge is -2.35. The maximum absolute atomic E-state index is 13.5. The first-order valence-electron chi connectivity index (χ1n) is 11.8. The molecule has 0 bridgehead atoms. The van der Waals surface area contributed by atoms with Crippen molar-refractivity contribution >= 4 is 28.3 Å². The fraction of sp³-hybridized carbons (Fsp3) is 0.440. The summed E-state index contributed by atoms with van der Waals surface area (Å²) in [6, 6.07) is 12.7. The fourth-order valence-corrected chi connectivity index (χ4v) is 5.03. The molecule has 2 fully saturated rings. The van der Waals surface area contributed by atoms with Crippen molar-refractivity contribution in [3.05, 3.63) is 64.0 Å². The summed E-state index contributed by atoms with van der Waals surface area (Å²) in [6.07, 6.45) is 3.76. The Morgan fingerprint density at radius 3 is 2.48 bits per heavy atom. The van der Waals surface area contributed by atoms with Crippen LogP contribution in [0.15, 0.2) is 42.5 Å². The van der Waals surface area contributed by atoms with E-state index in [0.717, 1.165) is 61.3 Å². The van der Waals surface area contributed by atoms with Crippen LogP contribution in [0.4, 0.5) is 11.4 Å². The van der Waals surface area contributed by atoms with Crippen LogP contribution in [0.5, 0.6) is 0 Å². The van der Waals surface area contributed by atoms with Gasteiger partial charge in [-0.25, -0.2) is 4.98 Å². The maximum Gasteiger partial charge on any atom is 0.270 e. The number of carbonyl (C=O) groups excluding carboxylic acids is 1. The van der Waals surface area contributed by atoms with Gasteiger partial charge >= 0.3 is 0 Å². The number of fused-ring (bicyclic) bond motifs is 1. The topological polar surface area (TPSA) is 95.4 Å². The number of para-hydroxylation sites is 2. The van der Waals surface area contributed by atoms with E-state index >= 15 is 0 Å². The zero-order valence-corrected chi connectivity index (χ0v) is 18.9. The lowest BCUT2D eigenvalue weighted by atomic mass is 9.95. The van der Waals surface area contributed by atoms with Crippen molar-refractivity contribution in [2.75, 3.05) is 31.1 Å². The Morgan fingerprint density at radius 2 is 1.79 bits per heavy atom. The Bertz CT molecular complexity index is 1140. The highest BCUT2D eigenvalue weighted by Crippen LogP contribution is 2.33. The molecular formula is C25H29N5O3. The third-order valence-corrected chi connectivity index (χ3v) is 7.12. The number of nitrogens with zero attached hydrogens (tertiary/aromatic N) is 4. The number of aromatic amines is 1. The highest BCUT2D eigenvalue weighted by atomic mass is 16.6. The molecule has 0 aliphatic carbocycles. The number of aromatic nitrogens is 2. The molecule has 0 unspecified atom stereocenters. The summed E-state index contributed by atoms with van der Waals surface area (Å²) in [5.41, 5.74) is 3.22. The molecule has 2 saturated heterocycles. The first-order valence-corrected chi connectivity index (χ1v) is 11.8. The molecule has 2 aliphatic heterocycles. The molecular weight excluding hydrogens is 418 g/mol. The van der Waals surface area contributed by atoms with E-state index in [9.17, 15) is 14.9 Å². The van der Waals surface area contributed by atoms with Crippen LogP contribution in [0, 0.1) is 16.0 Å². The van der Waals surface area contributed by atoms with Gasteiger partial charge in [0.15, 0.2) is 0 Å². The number of nitrogens with one attached hydrogen (secondary N) is 1. The Hall–Kier alpha value is -3.42. The molecule has 0 saturated carbocycles. The maximum atomic E-state index is 13.5. The van der Waals surface area contributed by atoms with Crippen molar-refractivity contribution in [1.29, 1.82) is 0 Å². The monoisotopic (exact) mass is 447 g/mol. The van der Waals surface area contributed by atoms with Gasteiger partial charge in [-0.15, -0.1) is 0 Å². The third kappa shape index (κ3) is 4.29. The second-order valence-electron chi connectivity index (χ2n) is 9.33. The Labute approximate surface area is 192 Å². The van der Waals surface area contributed by atoms with Crippen LogP contribution in [0.2, 0.25) is 0 Å². The number of nitro groups is 1. The van der Waals surface area contributed by atoms with E-state index in [2.05, 4.69) is 16.8 Å². The Morgan fingerprint density at radius 1 is 1.06 bits per heavy atom. The molecule has 3 aromatic rings. The quantitative estimate of drug-likeness (QED) is 0.461. The smallest absolute Gasteiger partial charge is 0.270 e. The molecule has 8 heteroatoms. The van der Waals surface area contributed by atoms with E-state index in [0.29, 0.717) is 24.6 Å². The summed E-state index contributed by atoms with van der Waals surface area (Å²) in [7, 11) is 0. The van der Waals surface area contributed by atoms with Gasteiger partial charge in [0.1, 0.15) is 5.82 Å². The summed E-state index contributed by atoms with van der Waals surface area (Å²) in [5.74, 6) is 1.79. The minimum atomic E-state index is -0.424. The number of likely N-dealkylation sites (tertiary alicyclic amines) is 1. The van der Waals surface area contributed by atoms with Crippen LogP contribution in [-0.4, -0.2) is 51.9 Å². The standard InChI is InChI=1S/C25H29N5O3/c1-17-8-12-28(13-9-17)23-7-6-19(30(32)33)16-20(23)25(31)29-14-10-18(11-15-29)24-26-21-4-2-3-5-22(21)27-24/h2-7,16-18H,8-15H2,1H3,(H,26,27). The van der Waals surface area contributed by atoms with Crippen LogP contribution >= 0.6 is 0 Å². The largest absolute Gasteiger partial charge is 0.371 e. The van der Waals surface area contributed by atoms with E-state index in [1.807, 2.05) is 29.2 Å². The fourth-order valence-electron chi connectivity index (χ4n) is 5.03. The second-order valence-corrected chi connectivity index (χ2v) is 9.33. The third-order valence-electron chi connectivity index (χ3n) is 7.12. The number of non-ortho nitro benzene ring substituents is 1. The molecule has 0 spiro atoms. The molecule has 5 rings (SSSR count). The number of H-pyrrole nitrogens is 1. The normalized spacial score (nSPS) is 18.1. The van der Waals surface area contributed by atoms with Crippen LogP contribution in [0.1, 0.15) is 54.7 Å². The van der Waals surface area contributed by atoms with Gasteiger partial charge in [-0.05, 0) is 49.8 Å². The number of carbonyl (C=O) groups is 1. The van der Waals surface area contributed by atoms with E-state index in [1.54, 1.807) is 6.07 Å². The summed E-state index contributed by atoms with van der Waals surface area (Å²) in [5, 5.41) is 11.4. The molecule has 2 aliphatic rings. The number of hydrogen-bond donors (Lipinski definition) is 1. The number of anilines is 1. The van der Waals surface area contributed by atoms with Crippen molar-refractivity contribution in [1.82, 2.24) is 14.9 Å². The Balaban J connectivity index is 1.34. The van der Waals surface area contributed by atoms with Crippen molar-refractivity contribution in [2.45, 2.75) is 38.5 Å². The molecule has 1 aromatic heterocycles. The zero-order valence-electron chi connectivity index (χ0n) is 18.9. The average Bonchev–Trinajstić information content (AvgIpc) is 3.28. The predicted molar refractivity (Wildman–Crippen MR) is 128 cm³/mol. The number of piperidine rings is 2. The molecule has 172 valence electrons. The molecule has 8 nitrogen and oxygen atoms in total. The van der Waals surface area contributed by atoms with Gasteiger partial charge in [-0.2, -0.15) is 0 Å². The van der Waals surface area contributed by atoms with Crippen LogP contribution in [0.3, 0.4) is 0 Å². The number of rotatable bonds is 4. The van der Waals surface area contributed by atoms with Gasteiger partial charge in [0.2, 0.25) is 0 Å². The van der Waals surface area contributed by atoms with Crippen molar-refractivity contribution in [3.8, 4) is 0 Å². The first-order chi connectivity index (χ1) is 16.0. The zero-order chi connectivity index (χ0) is 22.9. The van der Waals surface area contributed by atoms with Crippen LogP contribution in [-0.2, 0) is 0 Å². The lowest BCUT2D eigenvalue weighted by Crippen LogP contribution is -2.40. The number of amides is 1. The summed E-state index contributed by atoms with van der Waals surface area (Å²) >= 11 is 0. The van der Waals surface area contributed by atoms with Crippen molar-refractivity contribution < 1.29 is 9.72 Å². The van der Waals surface area contributed by atoms with E-state index in [1.165, 1.54) is 12.1 Å². The SMILES string of the molecule is CC1CCN(c2ccc([N+](=O)[O-])cc2C(=O)N2CCC(c3nc4ccccc4[nH]3)CC2)CC1. The second kappa shape index (κ2) is 8.84. The number of nitro benzene ring substituents is 1. The average molecular weight is 448 g/mol. The highest BCUT2D eigenvalue weighted by molar-refractivity contribution is 6.00. The molecule has 33 heavy (non-hydrogen) atoms. The van der Waals surface area contributed by atoms with Gasteiger partial charge in [-0.1, -0.05) is 19.1 Å². The lowest BCUT2D eigenvalue weighted by molar-refractivity contribution is -0.384. The molecule has 1 amide bonds. The molecule has 0 atom stereocenters. The number of imidazole rings is 1. The molecule has 2 aromatic carbocycles. The molecule has 0 radical (unpaired) electrons. The van der Waals surface area contributed by atoms with Crippen molar-refractivity contribution in [2.24, 2.45) is 5.92 Å². The summed E-state index contributed by atoms with van der Waals surface area (Å²) in [6.45, 7) is 5.20. The van der Waals surface area contributed by atoms with Crippen molar-refractivity contribution in [3.63, 3.8) is 0 Å². The van der Waals surface area contributed by atoms with E-state index < -0.39 is 4.92 Å². The van der Waals surface area contributed by atoms with Crippen LogP contribution in [0.25, 0.3) is 11.0 Å². The minimum Gasteiger partial charge on any atom is -0.371 e. The number of benzene rings is 2. The van der Waals surface area contributed by atoms with Crippen LogP contribution < -0.4 is 4.90 Å². The minimum absolute atomic E-state index is 0.0374. The molecule has 3 heterocycles. The van der Waals surface area contributed by atoms with E-state index in [-0.39, 0.29) is 17.5 Å². The van der Waals surface area contributed by atoms with Gasteiger partial charge < -0.3 is 14.8 Å². The molecule has 1 N–H and O–H groups in total. The first kappa shape index (κ1) is 21.4. The Kier molecular flexibility index (Phi) is 5.74. The highest BCUT2D eigenvalue weighted by Gasteiger charge is 2.30. The van der Waals surface area contributed by atoms with Gasteiger partial charge in [0, 0.05) is 44.2 Å². The summed E-state index contributed by atoms with van der Waals surface area (Å²) in [4.78, 5) is 36.7. The summed E-state index contributed by atoms with van der Waals surface area (Å²) < 4.78 is 0. The number of hydrogen-bond acceptors (Lipinski definition) is 5. The van der Waals surface area contributed by atoms with Gasteiger partial charge in [0.05, 0.1) is 27.2 Å².